The summed E-state index contributed by atoms with van der Waals surface area (Å²) in [4.78, 5) is 17.9. The Hall–Kier alpha value is -1.43. The Labute approximate surface area is 151 Å². The summed E-state index contributed by atoms with van der Waals surface area (Å²) in [6.45, 7) is 2.88. The van der Waals surface area contributed by atoms with Gasteiger partial charge in [0.05, 0.1) is 5.69 Å². The molecule has 1 fully saturated rings. The Kier molecular flexibility index (Phi) is 5.87. The molecular weight excluding hydrogens is 344 g/mol. The summed E-state index contributed by atoms with van der Waals surface area (Å²) in [5.74, 6) is -0.205. The number of nitrogens with zero attached hydrogens (tertiary/aromatic N) is 2. The average Bonchev–Trinajstić information content (AvgIpc) is 3.02. The highest BCUT2D eigenvalue weighted by molar-refractivity contribution is 7.13. The first-order chi connectivity index (χ1) is 11.6. The zero-order valence-corrected chi connectivity index (χ0v) is 15.0. The van der Waals surface area contributed by atoms with Gasteiger partial charge < -0.3 is 5.11 Å². The molecule has 0 spiro atoms. The smallest absolute Gasteiger partial charge is 0.303 e. The van der Waals surface area contributed by atoms with Crippen LogP contribution in [-0.2, 0) is 11.3 Å². The first kappa shape index (κ1) is 17.4. The molecule has 0 radical (unpaired) electrons. The maximum Gasteiger partial charge on any atom is 0.303 e. The van der Waals surface area contributed by atoms with E-state index in [0.717, 1.165) is 60.2 Å². The van der Waals surface area contributed by atoms with Crippen LogP contribution >= 0.6 is 22.9 Å². The first-order valence-electron chi connectivity index (χ1n) is 8.24. The van der Waals surface area contributed by atoms with Crippen LogP contribution in [0.3, 0.4) is 0 Å². The van der Waals surface area contributed by atoms with Crippen LogP contribution in [0.5, 0.6) is 0 Å². The van der Waals surface area contributed by atoms with Gasteiger partial charge in [-0.15, -0.1) is 11.3 Å². The minimum atomic E-state index is -0.695. The number of thiazole rings is 1. The van der Waals surface area contributed by atoms with Gasteiger partial charge >= 0.3 is 5.97 Å². The van der Waals surface area contributed by atoms with Gasteiger partial charge in [-0.05, 0) is 43.9 Å². The first-order valence-corrected chi connectivity index (χ1v) is 9.50. The molecule has 0 aliphatic carbocycles. The van der Waals surface area contributed by atoms with Crippen molar-refractivity contribution in [3.05, 3.63) is 40.4 Å². The Bertz CT molecular complexity index is 687. The fourth-order valence-corrected chi connectivity index (χ4v) is 4.13. The number of carboxylic acid groups (broad SMARTS) is 1. The standard InChI is InChI=1S/C18H21ClN2O2S/c19-15-6-4-14(5-7-15)18-20-16(12-24-18)11-21-9-1-2-13(10-21)3-8-17(22)23/h4-7,12-13H,1-3,8-11H2,(H,22,23). The van der Waals surface area contributed by atoms with Crippen LogP contribution in [0.4, 0.5) is 0 Å². The number of carboxylic acids is 1. The number of halogens is 1. The molecule has 2 heterocycles. The molecule has 0 amide bonds. The Morgan fingerprint density at radius 3 is 2.92 bits per heavy atom. The molecule has 128 valence electrons. The second kappa shape index (κ2) is 8.10. The lowest BCUT2D eigenvalue weighted by Gasteiger charge is -2.32. The van der Waals surface area contributed by atoms with Crippen molar-refractivity contribution in [1.29, 1.82) is 0 Å². The molecule has 0 bridgehead atoms. The summed E-state index contributed by atoms with van der Waals surface area (Å²) in [6.07, 6.45) is 3.32. The van der Waals surface area contributed by atoms with E-state index in [2.05, 4.69) is 10.3 Å². The number of carbonyl (C=O) groups is 1. The van der Waals surface area contributed by atoms with Gasteiger partial charge in [0.25, 0.3) is 0 Å². The van der Waals surface area contributed by atoms with Crippen molar-refractivity contribution >= 4 is 28.9 Å². The number of hydrogen-bond acceptors (Lipinski definition) is 4. The molecule has 1 aliphatic heterocycles. The van der Waals surface area contributed by atoms with E-state index in [9.17, 15) is 4.79 Å². The van der Waals surface area contributed by atoms with Crippen molar-refractivity contribution in [2.45, 2.75) is 32.2 Å². The summed E-state index contributed by atoms with van der Waals surface area (Å²) in [5.41, 5.74) is 2.18. The van der Waals surface area contributed by atoms with Gasteiger partial charge in [0.2, 0.25) is 0 Å². The monoisotopic (exact) mass is 364 g/mol. The molecule has 6 heteroatoms. The second-order valence-electron chi connectivity index (χ2n) is 6.33. The number of likely N-dealkylation sites (tertiary alicyclic amines) is 1. The third-order valence-corrected chi connectivity index (χ3v) is 5.59. The maximum atomic E-state index is 10.7. The summed E-state index contributed by atoms with van der Waals surface area (Å²) in [7, 11) is 0. The van der Waals surface area contributed by atoms with E-state index in [1.54, 1.807) is 11.3 Å². The van der Waals surface area contributed by atoms with Gasteiger partial charge in [-0.25, -0.2) is 4.98 Å². The Morgan fingerprint density at radius 1 is 1.38 bits per heavy atom. The summed E-state index contributed by atoms with van der Waals surface area (Å²) < 4.78 is 0. The molecule has 1 N–H and O–H groups in total. The van der Waals surface area contributed by atoms with E-state index in [4.69, 9.17) is 21.7 Å². The number of piperidine rings is 1. The van der Waals surface area contributed by atoms with Gasteiger partial charge in [-0.1, -0.05) is 23.7 Å². The van der Waals surface area contributed by atoms with Crippen LogP contribution in [0.25, 0.3) is 10.6 Å². The maximum absolute atomic E-state index is 10.7. The van der Waals surface area contributed by atoms with Gasteiger partial charge in [0.1, 0.15) is 5.01 Å². The third kappa shape index (κ3) is 4.79. The van der Waals surface area contributed by atoms with Gasteiger partial charge in [0, 0.05) is 35.5 Å². The quantitative estimate of drug-likeness (QED) is 0.817. The zero-order chi connectivity index (χ0) is 16.9. The SMILES string of the molecule is O=C(O)CCC1CCCN(Cc2csc(-c3ccc(Cl)cc3)n2)C1. The number of aromatic nitrogens is 1. The van der Waals surface area contributed by atoms with Gasteiger partial charge in [0.15, 0.2) is 0 Å². The van der Waals surface area contributed by atoms with Crippen LogP contribution in [0.2, 0.25) is 5.02 Å². The van der Waals surface area contributed by atoms with Crippen molar-refractivity contribution in [3.8, 4) is 10.6 Å². The molecular formula is C18H21ClN2O2S. The summed E-state index contributed by atoms with van der Waals surface area (Å²) >= 11 is 7.59. The highest BCUT2D eigenvalue weighted by Crippen LogP contribution is 2.27. The van der Waals surface area contributed by atoms with Gasteiger partial charge in [-0.3, -0.25) is 9.69 Å². The van der Waals surface area contributed by atoms with Crippen LogP contribution in [0.15, 0.2) is 29.6 Å². The van der Waals surface area contributed by atoms with Crippen molar-refractivity contribution in [1.82, 2.24) is 9.88 Å². The van der Waals surface area contributed by atoms with Crippen molar-refractivity contribution in [3.63, 3.8) is 0 Å². The summed E-state index contributed by atoms with van der Waals surface area (Å²) in [5, 5.41) is 12.7. The average molecular weight is 365 g/mol. The van der Waals surface area contributed by atoms with Crippen LogP contribution in [0.1, 0.15) is 31.4 Å². The number of aliphatic carboxylic acids is 1. The Balaban J connectivity index is 1.58. The highest BCUT2D eigenvalue weighted by Gasteiger charge is 2.21. The normalized spacial score (nSPS) is 18.6. The van der Waals surface area contributed by atoms with E-state index in [-0.39, 0.29) is 6.42 Å². The molecule has 24 heavy (non-hydrogen) atoms. The molecule has 1 saturated heterocycles. The molecule has 0 saturated carbocycles. The molecule has 2 aromatic rings. The molecule has 1 atom stereocenters. The molecule has 4 nitrogen and oxygen atoms in total. The molecule has 1 aliphatic rings. The largest absolute Gasteiger partial charge is 0.481 e. The van der Waals surface area contributed by atoms with Crippen LogP contribution in [-0.4, -0.2) is 34.0 Å². The molecule has 1 aromatic heterocycles. The fraction of sp³-hybridized carbons (Fsp3) is 0.444. The minimum absolute atomic E-state index is 0.274. The topological polar surface area (TPSA) is 53.4 Å². The zero-order valence-electron chi connectivity index (χ0n) is 13.4. The van der Waals surface area contributed by atoms with E-state index < -0.39 is 5.97 Å². The van der Waals surface area contributed by atoms with E-state index in [1.807, 2.05) is 24.3 Å². The van der Waals surface area contributed by atoms with Crippen molar-refractivity contribution < 1.29 is 9.90 Å². The number of benzene rings is 1. The number of rotatable bonds is 6. The predicted octanol–water partition coefficient (Wildman–Crippen LogP) is 4.54. The summed E-state index contributed by atoms with van der Waals surface area (Å²) in [6, 6.07) is 7.76. The van der Waals surface area contributed by atoms with E-state index in [1.165, 1.54) is 0 Å². The number of hydrogen-bond donors (Lipinski definition) is 1. The lowest BCUT2D eigenvalue weighted by Crippen LogP contribution is -2.35. The van der Waals surface area contributed by atoms with E-state index in [0.29, 0.717) is 5.92 Å². The lowest BCUT2D eigenvalue weighted by molar-refractivity contribution is -0.137. The molecule has 1 unspecified atom stereocenters. The molecule has 3 rings (SSSR count). The second-order valence-corrected chi connectivity index (χ2v) is 7.62. The highest BCUT2D eigenvalue weighted by atomic mass is 35.5. The van der Waals surface area contributed by atoms with Gasteiger partial charge in [-0.2, -0.15) is 0 Å². The lowest BCUT2D eigenvalue weighted by atomic mass is 9.93. The van der Waals surface area contributed by atoms with E-state index >= 15 is 0 Å². The van der Waals surface area contributed by atoms with Crippen molar-refractivity contribution in [2.24, 2.45) is 5.92 Å². The molecule has 1 aromatic carbocycles. The van der Waals surface area contributed by atoms with Crippen LogP contribution in [0, 0.1) is 5.92 Å². The third-order valence-electron chi connectivity index (χ3n) is 4.40. The van der Waals surface area contributed by atoms with Crippen LogP contribution < -0.4 is 0 Å². The predicted molar refractivity (Wildman–Crippen MR) is 97.4 cm³/mol. The Morgan fingerprint density at radius 2 is 2.17 bits per heavy atom. The minimum Gasteiger partial charge on any atom is -0.481 e. The van der Waals surface area contributed by atoms with Crippen molar-refractivity contribution in [2.75, 3.05) is 13.1 Å². The fourth-order valence-electron chi connectivity index (χ4n) is 3.19.